The predicted octanol–water partition coefficient (Wildman–Crippen LogP) is 4.10. The van der Waals surface area contributed by atoms with Gasteiger partial charge in [-0.2, -0.15) is 5.26 Å². The van der Waals surface area contributed by atoms with Crippen molar-refractivity contribution in [2.24, 2.45) is 0 Å². The number of hydrogen-bond acceptors (Lipinski definition) is 4. The van der Waals surface area contributed by atoms with Gasteiger partial charge in [-0.3, -0.25) is 0 Å². The number of rotatable bonds is 4. The minimum Gasteiger partial charge on any atom is -0.497 e. The average molecular weight is 319 g/mol. The molecule has 1 aromatic heterocycles. The van der Waals surface area contributed by atoms with Crippen molar-refractivity contribution in [3.8, 4) is 23.1 Å². The van der Waals surface area contributed by atoms with Crippen LogP contribution in [0.25, 0.3) is 28.4 Å². The molecule has 5 heteroatoms. The van der Waals surface area contributed by atoms with E-state index < -0.39 is 5.97 Å². The van der Waals surface area contributed by atoms with Crippen molar-refractivity contribution >= 4 is 23.0 Å². The number of hydrogen-bond donors (Lipinski definition) is 1. The summed E-state index contributed by atoms with van der Waals surface area (Å²) in [5.41, 5.74) is 1.80. The van der Waals surface area contributed by atoms with E-state index in [0.29, 0.717) is 16.9 Å². The highest BCUT2D eigenvalue weighted by Crippen LogP contribution is 2.30. The zero-order valence-electron chi connectivity index (χ0n) is 12.8. The van der Waals surface area contributed by atoms with Gasteiger partial charge in [0, 0.05) is 10.9 Å². The molecule has 0 bridgehead atoms. The van der Waals surface area contributed by atoms with Crippen LogP contribution in [-0.2, 0) is 4.79 Å². The molecule has 3 rings (SSSR count). The standard InChI is InChI=1S/C19H13NO4/c1-23-16-6-4-13(5-7-16)18-10-14-3-2-12(9-17(14)24-18)8-15(11-20)19(21)22/h2-10H,1H3,(H,21,22). The van der Waals surface area contributed by atoms with Crippen molar-refractivity contribution in [2.45, 2.75) is 0 Å². The Bertz CT molecular complexity index is 975. The van der Waals surface area contributed by atoms with E-state index >= 15 is 0 Å². The van der Waals surface area contributed by atoms with Crippen LogP contribution < -0.4 is 4.74 Å². The molecule has 3 aromatic rings. The molecular formula is C19H13NO4. The van der Waals surface area contributed by atoms with Crippen LogP contribution in [0.3, 0.4) is 0 Å². The lowest BCUT2D eigenvalue weighted by molar-refractivity contribution is -0.132. The molecule has 0 saturated carbocycles. The number of carbonyl (C=O) groups is 1. The third-order valence-electron chi connectivity index (χ3n) is 3.58. The zero-order valence-corrected chi connectivity index (χ0v) is 12.8. The molecule has 5 nitrogen and oxygen atoms in total. The lowest BCUT2D eigenvalue weighted by Crippen LogP contribution is -1.97. The molecule has 0 saturated heterocycles. The summed E-state index contributed by atoms with van der Waals surface area (Å²) in [6.45, 7) is 0. The molecule has 0 spiro atoms. The second-order valence-corrected chi connectivity index (χ2v) is 5.11. The number of aliphatic carboxylic acids is 1. The van der Waals surface area contributed by atoms with Crippen LogP contribution in [0.2, 0.25) is 0 Å². The van der Waals surface area contributed by atoms with Crippen LogP contribution in [0.4, 0.5) is 0 Å². The molecule has 0 unspecified atom stereocenters. The van der Waals surface area contributed by atoms with Crippen molar-refractivity contribution in [3.05, 3.63) is 59.7 Å². The summed E-state index contributed by atoms with van der Waals surface area (Å²) in [4.78, 5) is 10.9. The number of benzene rings is 2. The Hall–Kier alpha value is -3.52. The number of carboxylic acid groups (broad SMARTS) is 1. The van der Waals surface area contributed by atoms with Crippen molar-refractivity contribution in [1.29, 1.82) is 5.26 Å². The molecule has 1 N–H and O–H groups in total. The summed E-state index contributed by atoms with van der Waals surface area (Å²) in [6.07, 6.45) is 1.32. The van der Waals surface area contributed by atoms with Gasteiger partial charge in [-0.25, -0.2) is 4.79 Å². The van der Waals surface area contributed by atoms with E-state index in [1.54, 1.807) is 25.3 Å². The fraction of sp³-hybridized carbons (Fsp3) is 0.0526. The lowest BCUT2D eigenvalue weighted by atomic mass is 10.1. The monoisotopic (exact) mass is 319 g/mol. The molecule has 1 heterocycles. The Morgan fingerprint density at radius 2 is 1.96 bits per heavy atom. The normalized spacial score (nSPS) is 11.2. The van der Waals surface area contributed by atoms with E-state index in [2.05, 4.69) is 0 Å². The molecular weight excluding hydrogens is 306 g/mol. The minimum atomic E-state index is -1.25. The third kappa shape index (κ3) is 2.99. The Morgan fingerprint density at radius 3 is 2.58 bits per heavy atom. The number of nitrogens with zero attached hydrogens (tertiary/aromatic N) is 1. The number of nitriles is 1. The van der Waals surface area contributed by atoms with Gasteiger partial charge in [-0.05, 0) is 48.0 Å². The van der Waals surface area contributed by atoms with Gasteiger partial charge in [-0.15, -0.1) is 0 Å². The van der Waals surface area contributed by atoms with Gasteiger partial charge in [0.2, 0.25) is 0 Å². The summed E-state index contributed by atoms with van der Waals surface area (Å²) < 4.78 is 11.0. The molecule has 0 aliphatic carbocycles. The molecule has 2 aromatic carbocycles. The number of carboxylic acids is 1. The maximum absolute atomic E-state index is 10.9. The predicted molar refractivity (Wildman–Crippen MR) is 89.4 cm³/mol. The lowest BCUT2D eigenvalue weighted by Gasteiger charge is -2.00. The number of methoxy groups -OCH3 is 1. The first-order valence-corrected chi connectivity index (χ1v) is 7.14. The largest absolute Gasteiger partial charge is 0.497 e. The smallest absolute Gasteiger partial charge is 0.346 e. The molecule has 24 heavy (non-hydrogen) atoms. The number of ether oxygens (including phenoxy) is 1. The average Bonchev–Trinajstić information content (AvgIpc) is 3.02. The Balaban J connectivity index is 2.00. The first-order valence-electron chi connectivity index (χ1n) is 7.14. The first kappa shape index (κ1) is 15.4. The van der Waals surface area contributed by atoms with Crippen LogP contribution in [0, 0.1) is 11.3 Å². The summed E-state index contributed by atoms with van der Waals surface area (Å²) in [7, 11) is 1.61. The molecule has 0 fully saturated rings. The van der Waals surface area contributed by atoms with Crippen molar-refractivity contribution in [3.63, 3.8) is 0 Å². The van der Waals surface area contributed by atoms with Crippen LogP contribution in [0.1, 0.15) is 5.56 Å². The fourth-order valence-electron chi connectivity index (χ4n) is 2.34. The Kier molecular flexibility index (Phi) is 4.04. The van der Waals surface area contributed by atoms with Crippen LogP contribution in [0.15, 0.2) is 58.5 Å². The molecule has 0 amide bonds. The van der Waals surface area contributed by atoms with Gasteiger partial charge in [-0.1, -0.05) is 12.1 Å². The highest BCUT2D eigenvalue weighted by molar-refractivity contribution is 5.97. The minimum absolute atomic E-state index is 0.323. The molecule has 0 atom stereocenters. The van der Waals surface area contributed by atoms with Gasteiger partial charge < -0.3 is 14.3 Å². The molecule has 0 radical (unpaired) electrons. The fourth-order valence-corrected chi connectivity index (χ4v) is 2.34. The summed E-state index contributed by atoms with van der Waals surface area (Å²) >= 11 is 0. The van der Waals surface area contributed by atoms with Crippen LogP contribution >= 0.6 is 0 Å². The first-order chi connectivity index (χ1) is 11.6. The zero-order chi connectivity index (χ0) is 17.1. The maximum atomic E-state index is 10.9. The molecule has 0 aliphatic rings. The Morgan fingerprint density at radius 1 is 1.21 bits per heavy atom. The number of fused-ring (bicyclic) bond motifs is 1. The van der Waals surface area contributed by atoms with Gasteiger partial charge >= 0.3 is 5.97 Å². The van der Waals surface area contributed by atoms with E-state index in [4.69, 9.17) is 19.5 Å². The number of furan rings is 1. The van der Waals surface area contributed by atoms with Gasteiger partial charge in [0.25, 0.3) is 0 Å². The van der Waals surface area contributed by atoms with Crippen molar-refractivity contribution in [2.75, 3.05) is 7.11 Å². The quantitative estimate of drug-likeness (QED) is 0.578. The SMILES string of the molecule is COc1ccc(-c2cc3ccc(C=C(C#N)C(=O)O)cc3o2)cc1. The topological polar surface area (TPSA) is 83.5 Å². The van der Waals surface area contributed by atoms with E-state index in [-0.39, 0.29) is 5.57 Å². The van der Waals surface area contributed by atoms with Crippen LogP contribution in [-0.4, -0.2) is 18.2 Å². The van der Waals surface area contributed by atoms with E-state index in [0.717, 1.165) is 16.7 Å². The Labute approximate surface area is 138 Å². The van der Waals surface area contributed by atoms with Crippen molar-refractivity contribution in [1.82, 2.24) is 0 Å². The van der Waals surface area contributed by atoms with E-state index in [1.165, 1.54) is 6.08 Å². The van der Waals surface area contributed by atoms with Gasteiger partial charge in [0.1, 0.15) is 28.7 Å². The highest BCUT2D eigenvalue weighted by atomic mass is 16.5. The van der Waals surface area contributed by atoms with Crippen molar-refractivity contribution < 1.29 is 19.1 Å². The molecule has 0 aliphatic heterocycles. The third-order valence-corrected chi connectivity index (χ3v) is 3.58. The summed E-state index contributed by atoms with van der Waals surface area (Å²) in [6, 6.07) is 16.4. The summed E-state index contributed by atoms with van der Waals surface area (Å²) in [5.74, 6) is 0.212. The molecule has 118 valence electrons. The van der Waals surface area contributed by atoms with Gasteiger partial charge in [0.15, 0.2) is 0 Å². The highest BCUT2D eigenvalue weighted by Gasteiger charge is 2.09. The van der Waals surface area contributed by atoms with E-state index in [1.807, 2.05) is 36.4 Å². The maximum Gasteiger partial charge on any atom is 0.346 e. The van der Waals surface area contributed by atoms with Crippen LogP contribution in [0.5, 0.6) is 5.75 Å². The van der Waals surface area contributed by atoms with E-state index in [9.17, 15) is 4.79 Å². The summed E-state index contributed by atoms with van der Waals surface area (Å²) in [5, 5.41) is 18.6. The second-order valence-electron chi connectivity index (χ2n) is 5.11. The second kappa shape index (κ2) is 6.31. The van der Waals surface area contributed by atoms with Gasteiger partial charge in [0.05, 0.1) is 7.11 Å².